The van der Waals surface area contributed by atoms with Gasteiger partial charge in [0, 0.05) is 24.5 Å². The maximum Gasteiger partial charge on any atom is 0.321 e. The third-order valence-electron chi connectivity index (χ3n) is 2.89. The summed E-state index contributed by atoms with van der Waals surface area (Å²) in [5.74, 6) is 0. The summed E-state index contributed by atoms with van der Waals surface area (Å²) in [4.78, 5) is 15.7. The van der Waals surface area contributed by atoms with Gasteiger partial charge >= 0.3 is 6.03 Å². The van der Waals surface area contributed by atoms with E-state index in [0.717, 1.165) is 23.4 Å². The zero-order valence-corrected chi connectivity index (χ0v) is 12.8. The molecule has 0 spiro atoms. The first-order chi connectivity index (χ1) is 10.3. The summed E-state index contributed by atoms with van der Waals surface area (Å²) >= 11 is 1.34. The molecular weight excluding hydrogens is 286 g/mol. The Morgan fingerprint density at radius 2 is 2.00 bits per heavy atom. The van der Waals surface area contributed by atoms with Gasteiger partial charge in [0.15, 0.2) is 0 Å². The van der Waals surface area contributed by atoms with Crippen LogP contribution in [-0.4, -0.2) is 27.8 Å². The fraction of sp³-hybridized carbons (Fsp3) is 0.429. The standard InChI is InChI=1S/C14H19N5OS/c1-2-3-4-5-8-16-13(20)17-14-19-18-12(21-14)11-6-9-15-10-7-11/h6-7,9-10H,2-5,8H2,1H3,(H2,16,17,19,20). The molecule has 0 aliphatic rings. The number of rotatable bonds is 7. The molecule has 0 bridgehead atoms. The molecule has 0 saturated heterocycles. The van der Waals surface area contributed by atoms with Gasteiger partial charge < -0.3 is 5.32 Å². The van der Waals surface area contributed by atoms with Crippen LogP contribution in [0.4, 0.5) is 9.93 Å². The van der Waals surface area contributed by atoms with E-state index in [1.807, 2.05) is 12.1 Å². The van der Waals surface area contributed by atoms with Crippen molar-refractivity contribution in [1.82, 2.24) is 20.5 Å². The van der Waals surface area contributed by atoms with Crippen LogP contribution in [0.5, 0.6) is 0 Å². The lowest BCUT2D eigenvalue weighted by molar-refractivity contribution is 0.252. The van der Waals surface area contributed by atoms with Gasteiger partial charge in [-0.25, -0.2) is 4.79 Å². The van der Waals surface area contributed by atoms with E-state index in [4.69, 9.17) is 0 Å². The van der Waals surface area contributed by atoms with Gasteiger partial charge in [-0.2, -0.15) is 0 Å². The molecule has 0 aliphatic carbocycles. The van der Waals surface area contributed by atoms with Gasteiger partial charge in [-0.3, -0.25) is 10.3 Å². The van der Waals surface area contributed by atoms with Gasteiger partial charge in [0.2, 0.25) is 5.13 Å². The number of unbranched alkanes of at least 4 members (excludes halogenated alkanes) is 3. The minimum Gasteiger partial charge on any atom is -0.338 e. The largest absolute Gasteiger partial charge is 0.338 e. The third-order valence-corrected chi connectivity index (χ3v) is 3.78. The number of hydrogen-bond donors (Lipinski definition) is 2. The second-order valence-corrected chi connectivity index (χ2v) is 5.57. The quantitative estimate of drug-likeness (QED) is 0.769. The number of anilines is 1. The number of carbonyl (C=O) groups excluding carboxylic acids is 1. The predicted molar refractivity (Wildman–Crippen MR) is 84.3 cm³/mol. The van der Waals surface area contributed by atoms with Crippen LogP contribution in [0, 0.1) is 0 Å². The number of amides is 2. The fourth-order valence-electron chi connectivity index (χ4n) is 1.78. The van der Waals surface area contributed by atoms with Gasteiger partial charge in [0.1, 0.15) is 5.01 Å². The van der Waals surface area contributed by atoms with Crippen LogP contribution in [0.25, 0.3) is 10.6 Å². The molecule has 0 unspecified atom stereocenters. The molecule has 0 atom stereocenters. The van der Waals surface area contributed by atoms with Gasteiger partial charge in [0.25, 0.3) is 0 Å². The fourth-order valence-corrected chi connectivity index (χ4v) is 2.52. The third kappa shape index (κ3) is 5.11. The molecule has 2 heterocycles. The first-order valence-electron chi connectivity index (χ1n) is 7.08. The summed E-state index contributed by atoms with van der Waals surface area (Å²) < 4.78 is 0. The summed E-state index contributed by atoms with van der Waals surface area (Å²) in [5.41, 5.74) is 0.940. The Labute approximate surface area is 128 Å². The van der Waals surface area contributed by atoms with E-state index in [2.05, 4.69) is 32.7 Å². The van der Waals surface area contributed by atoms with E-state index >= 15 is 0 Å². The Morgan fingerprint density at radius 3 is 2.76 bits per heavy atom. The average Bonchev–Trinajstić information content (AvgIpc) is 2.96. The van der Waals surface area contributed by atoms with Gasteiger partial charge in [-0.15, -0.1) is 10.2 Å². The van der Waals surface area contributed by atoms with Crippen molar-refractivity contribution in [1.29, 1.82) is 0 Å². The van der Waals surface area contributed by atoms with Crippen molar-refractivity contribution in [2.75, 3.05) is 11.9 Å². The zero-order valence-electron chi connectivity index (χ0n) is 12.0. The number of aromatic nitrogens is 3. The van der Waals surface area contributed by atoms with Crippen LogP contribution >= 0.6 is 11.3 Å². The Kier molecular flexibility index (Phi) is 6.08. The molecule has 2 aromatic heterocycles. The normalized spacial score (nSPS) is 10.3. The Balaban J connectivity index is 1.78. The van der Waals surface area contributed by atoms with Crippen LogP contribution in [0.2, 0.25) is 0 Å². The van der Waals surface area contributed by atoms with E-state index in [1.54, 1.807) is 12.4 Å². The summed E-state index contributed by atoms with van der Waals surface area (Å²) in [7, 11) is 0. The van der Waals surface area contributed by atoms with E-state index in [1.165, 1.54) is 24.2 Å². The molecule has 112 valence electrons. The minimum atomic E-state index is -0.232. The number of nitrogens with zero attached hydrogens (tertiary/aromatic N) is 3. The molecule has 0 radical (unpaired) electrons. The van der Waals surface area contributed by atoms with Crippen LogP contribution in [-0.2, 0) is 0 Å². The topological polar surface area (TPSA) is 79.8 Å². The van der Waals surface area contributed by atoms with Gasteiger partial charge in [-0.1, -0.05) is 37.5 Å². The Hall–Kier alpha value is -2.02. The van der Waals surface area contributed by atoms with E-state index < -0.39 is 0 Å². The zero-order chi connectivity index (χ0) is 14.9. The number of hydrogen-bond acceptors (Lipinski definition) is 5. The molecule has 0 aromatic carbocycles. The highest BCUT2D eigenvalue weighted by molar-refractivity contribution is 7.18. The molecule has 0 fully saturated rings. The molecule has 21 heavy (non-hydrogen) atoms. The van der Waals surface area contributed by atoms with E-state index in [-0.39, 0.29) is 6.03 Å². The summed E-state index contributed by atoms with van der Waals surface area (Å²) in [5, 5.41) is 14.8. The summed E-state index contributed by atoms with van der Waals surface area (Å²) in [6.07, 6.45) is 7.94. The second kappa shape index (κ2) is 8.31. The van der Waals surface area contributed by atoms with Crippen LogP contribution in [0.3, 0.4) is 0 Å². The molecule has 6 nitrogen and oxygen atoms in total. The Morgan fingerprint density at radius 1 is 1.19 bits per heavy atom. The lowest BCUT2D eigenvalue weighted by atomic mass is 10.2. The molecule has 2 N–H and O–H groups in total. The smallest absolute Gasteiger partial charge is 0.321 e. The number of urea groups is 1. The monoisotopic (exact) mass is 305 g/mol. The highest BCUT2D eigenvalue weighted by Crippen LogP contribution is 2.25. The molecule has 2 rings (SSSR count). The van der Waals surface area contributed by atoms with E-state index in [9.17, 15) is 4.79 Å². The van der Waals surface area contributed by atoms with Crippen LogP contribution in [0.1, 0.15) is 32.6 Å². The lowest BCUT2D eigenvalue weighted by Gasteiger charge is -2.04. The van der Waals surface area contributed by atoms with Crippen molar-refractivity contribution >= 4 is 22.5 Å². The van der Waals surface area contributed by atoms with Crippen LogP contribution in [0.15, 0.2) is 24.5 Å². The first-order valence-corrected chi connectivity index (χ1v) is 7.90. The first kappa shape index (κ1) is 15.4. The molecule has 0 aliphatic heterocycles. The van der Waals surface area contributed by atoms with Crippen molar-refractivity contribution in [3.63, 3.8) is 0 Å². The average molecular weight is 305 g/mol. The maximum absolute atomic E-state index is 11.7. The van der Waals surface area contributed by atoms with Gasteiger partial charge in [0.05, 0.1) is 0 Å². The second-order valence-electron chi connectivity index (χ2n) is 4.59. The molecule has 7 heteroatoms. The molecule has 0 saturated carbocycles. The van der Waals surface area contributed by atoms with Crippen LogP contribution < -0.4 is 10.6 Å². The highest BCUT2D eigenvalue weighted by atomic mass is 32.1. The molecule has 2 amide bonds. The van der Waals surface area contributed by atoms with E-state index in [0.29, 0.717) is 11.7 Å². The lowest BCUT2D eigenvalue weighted by Crippen LogP contribution is -2.29. The summed E-state index contributed by atoms with van der Waals surface area (Å²) in [6, 6.07) is 3.49. The SMILES string of the molecule is CCCCCCNC(=O)Nc1nnc(-c2ccncc2)s1. The number of carbonyl (C=O) groups is 1. The maximum atomic E-state index is 11.7. The predicted octanol–water partition coefficient (Wildman–Crippen LogP) is 3.30. The minimum absolute atomic E-state index is 0.232. The van der Waals surface area contributed by atoms with Crippen molar-refractivity contribution in [3.05, 3.63) is 24.5 Å². The molecule has 2 aromatic rings. The number of nitrogens with one attached hydrogen (secondary N) is 2. The van der Waals surface area contributed by atoms with Crippen molar-refractivity contribution < 1.29 is 4.79 Å². The molecular formula is C14H19N5OS. The van der Waals surface area contributed by atoms with Crippen molar-refractivity contribution in [3.8, 4) is 10.6 Å². The highest BCUT2D eigenvalue weighted by Gasteiger charge is 2.08. The summed E-state index contributed by atoms with van der Waals surface area (Å²) in [6.45, 7) is 2.85. The van der Waals surface area contributed by atoms with Crippen molar-refractivity contribution in [2.45, 2.75) is 32.6 Å². The van der Waals surface area contributed by atoms with Crippen molar-refractivity contribution in [2.24, 2.45) is 0 Å². The van der Waals surface area contributed by atoms with Gasteiger partial charge in [-0.05, 0) is 18.6 Å². The number of pyridine rings is 1. The Bertz CT molecular complexity index is 558.